The van der Waals surface area contributed by atoms with Gasteiger partial charge in [0, 0.05) is 19.5 Å². The highest BCUT2D eigenvalue weighted by atomic mass is 35.5. The van der Waals surface area contributed by atoms with E-state index in [1.54, 1.807) is 67.6 Å². The molecule has 0 aliphatic heterocycles. The second-order valence-electron chi connectivity index (χ2n) is 10.1. The van der Waals surface area contributed by atoms with Crippen LogP contribution in [-0.4, -0.2) is 50.9 Å². The largest absolute Gasteiger partial charge is 0.494 e. The summed E-state index contributed by atoms with van der Waals surface area (Å²) in [5.41, 5.74) is 1.76. The van der Waals surface area contributed by atoms with Crippen LogP contribution in [0, 0.1) is 0 Å². The highest BCUT2D eigenvalue weighted by Gasteiger charge is 2.34. The van der Waals surface area contributed by atoms with Gasteiger partial charge in [-0.05, 0) is 73.5 Å². The number of nitrogens with one attached hydrogen (secondary N) is 1. The molecule has 0 aromatic heterocycles. The van der Waals surface area contributed by atoms with Gasteiger partial charge in [0.25, 0.3) is 10.0 Å². The number of ether oxygens (including phenoxy) is 1. The Labute approximate surface area is 274 Å². The predicted octanol–water partition coefficient (Wildman–Crippen LogP) is 6.36. The fourth-order valence-corrected chi connectivity index (χ4v) is 6.54. The summed E-state index contributed by atoms with van der Waals surface area (Å²) in [4.78, 5) is 29.4. The molecule has 4 rings (SSSR count). The predicted molar refractivity (Wildman–Crippen MR) is 178 cm³/mol. The van der Waals surface area contributed by atoms with Crippen LogP contribution in [0.4, 0.5) is 5.69 Å². The van der Waals surface area contributed by atoms with E-state index in [9.17, 15) is 18.0 Å². The van der Waals surface area contributed by atoms with Crippen LogP contribution in [0.15, 0.2) is 108 Å². The van der Waals surface area contributed by atoms with Crippen LogP contribution in [0.3, 0.4) is 0 Å². The van der Waals surface area contributed by atoms with Gasteiger partial charge in [-0.2, -0.15) is 0 Å². The van der Waals surface area contributed by atoms with Gasteiger partial charge in [0.2, 0.25) is 11.8 Å². The first-order chi connectivity index (χ1) is 21.6. The lowest BCUT2D eigenvalue weighted by Crippen LogP contribution is -2.53. The van der Waals surface area contributed by atoms with Crippen LogP contribution in [0.5, 0.6) is 5.75 Å². The molecule has 0 radical (unpaired) electrons. The van der Waals surface area contributed by atoms with Crippen LogP contribution >= 0.6 is 23.2 Å². The number of carbonyl (C=O) groups excluding carboxylic acids is 2. The molecule has 8 nitrogen and oxygen atoms in total. The topological polar surface area (TPSA) is 96.0 Å². The number of halogens is 2. The van der Waals surface area contributed by atoms with Crippen molar-refractivity contribution in [3.8, 4) is 5.75 Å². The maximum absolute atomic E-state index is 14.4. The van der Waals surface area contributed by atoms with E-state index in [1.165, 1.54) is 17.0 Å². The third-order valence-electron chi connectivity index (χ3n) is 7.00. The summed E-state index contributed by atoms with van der Waals surface area (Å²) < 4.78 is 34.7. The van der Waals surface area contributed by atoms with Crippen molar-refractivity contribution in [2.24, 2.45) is 0 Å². The first-order valence-corrected chi connectivity index (χ1v) is 16.7. The molecular formula is C34H35Cl2N3O5S. The minimum Gasteiger partial charge on any atom is -0.494 e. The van der Waals surface area contributed by atoms with Gasteiger partial charge in [-0.25, -0.2) is 8.42 Å². The third-order valence-corrected chi connectivity index (χ3v) is 9.53. The van der Waals surface area contributed by atoms with Gasteiger partial charge >= 0.3 is 0 Å². The molecule has 0 fully saturated rings. The zero-order valence-electron chi connectivity index (χ0n) is 25.0. The summed E-state index contributed by atoms with van der Waals surface area (Å²) in [5, 5.41) is 3.48. The lowest BCUT2D eigenvalue weighted by molar-refractivity contribution is -0.140. The normalized spacial score (nSPS) is 11.8. The highest BCUT2D eigenvalue weighted by Crippen LogP contribution is 2.27. The van der Waals surface area contributed by atoms with Gasteiger partial charge in [0.05, 0.1) is 27.2 Å². The minimum absolute atomic E-state index is 0.0109. The van der Waals surface area contributed by atoms with Crippen molar-refractivity contribution in [1.29, 1.82) is 0 Å². The summed E-state index contributed by atoms with van der Waals surface area (Å²) in [6, 6.07) is 27.8. The van der Waals surface area contributed by atoms with Gasteiger partial charge < -0.3 is 15.0 Å². The monoisotopic (exact) mass is 667 g/mol. The molecule has 0 spiro atoms. The number of hydrogen-bond donors (Lipinski definition) is 1. The van der Waals surface area contributed by atoms with Gasteiger partial charge in [-0.15, -0.1) is 0 Å². The number of anilines is 1. The van der Waals surface area contributed by atoms with Crippen molar-refractivity contribution in [3.63, 3.8) is 0 Å². The van der Waals surface area contributed by atoms with E-state index >= 15 is 0 Å². The van der Waals surface area contributed by atoms with Gasteiger partial charge in [-0.3, -0.25) is 13.9 Å². The molecule has 2 amide bonds. The van der Waals surface area contributed by atoms with E-state index in [2.05, 4.69) is 5.32 Å². The Hall–Kier alpha value is -4.05. The molecule has 1 N–H and O–H groups in total. The lowest BCUT2D eigenvalue weighted by Gasteiger charge is -2.34. The van der Waals surface area contributed by atoms with Crippen LogP contribution in [0.25, 0.3) is 0 Å². The molecule has 11 heteroatoms. The summed E-state index contributed by atoms with van der Waals surface area (Å²) in [6.07, 6.45) is 0.205. The summed E-state index contributed by atoms with van der Waals surface area (Å²) >= 11 is 12.5. The number of para-hydroxylation sites is 1. The number of amides is 2. The number of rotatable bonds is 14. The van der Waals surface area contributed by atoms with Crippen molar-refractivity contribution in [2.45, 2.75) is 37.8 Å². The van der Waals surface area contributed by atoms with Gasteiger partial charge in [0.1, 0.15) is 18.3 Å². The van der Waals surface area contributed by atoms with E-state index < -0.39 is 28.5 Å². The van der Waals surface area contributed by atoms with Crippen molar-refractivity contribution in [1.82, 2.24) is 10.2 Å². The number of carbonyl (C=O) groups is 2. The molecule has 0 aliphatic carbocycles. The molecular weight excluding hydrogens is 633 g/mol. The fraction of sp³-hybridized carbons (Fsp3) is 0.235. The van der Waals surface area contributed by atoms with E-state index in [0.717, 1.165) is 9.87 Å². The number of hydrogen-bond acceptors (Lipinski definition) is 5. The highest BCUT2D eigenvalue weighted by molar-refractivity contribution is 7.92. The third kappa shape index (κ3) is 8.78. The molecule has 1 atom stereocenters. The van der Waals surface area contributed by atoms with Crippen LogP contribution in [0.2, 0.25) is 10.0 Å². The van der Waals surface area contributed by atoms with Crippen molar-refractivity contribution < 1.29 is 22.7 Å². The molecule has 0 heterocycles. The standard InChI is InChI=1S/C34H35Cl2N3O5S/c1-3-37-34(41)32(22-25-11-7-5-8-12-25)38(23-26-15-20-30(35)31(36)21-26)33(40)24-39(27-13-9-6-10-14-27)45(42,43)29-18-16-28(17-19-29)44-4-2/h5-21,32H,3-4,22-24H2,1-2H3,(H,37,41)/t32-/m1/s1. The quantitative estimate of drug-likeness (QED) is 0.169. The Morgan fingerprint density at radius 1 is 0.822 bits per heavy atom. The maximum atomic E-state index is 14.4. The zero-order chi connectivity index (χ0) is 32.4. The molecule has 4 aromatic rings. The zero-order valence-corrected chi connectivity index (χ0v) is 27.4. The van der Waals surface area contributed by atoms with Crippen LogP contribution in [-0.2, 0) is 32.6 Å². The Bertz CT molecular complexity index is 1690. The maximum Gasteiger partial charge on any atom is 0.264 e. The summed E-state index contributed by atoms with van der Waals surface area (Å²) in [7, 11) is -4.22. The molecule has 0 bridgehead atoms. The van der Waals surface area contributed by atoms with Crippen molar-refractivity contribution >= 4 is 50.7 Å². The Balaban J connectivity index is 1.78. The van der Waals surface area contributed by atoms with Gasteiger partial charge in [-0.1, -0.05) is 77.8 Å². The first-order valence-electron chi connectivity index (χ1n) is 14.5. The first kappa shape index (κ1) is 33.8. The Morgan fingerprint density at radius 2 is 1.47 bits per heavy atom. The Morgan fingerprint density at radius 3 is 2.07 bits per heavy atom. The molecule has 4 aromatic carbocycles. The number of likely N-dealkylation sites (N-methyl/N-ethyl adjacent to an activating group) is 1. The van der Waals surface area contributed by atoms with E-state index in [4.69, 9.17) is 27.9 Å². The smallest absolute Gasteiger partial charge is 0.264 e. The van der Waals surface area contributed by atoms with E-state index in [-0.39, 0.29) is 23.8 Å². The van der Waals surface area contributed by atoms with Crippen molar-refractivity contribution in [3.05, 3.63) is 124 Å². The number of sulfonamides is 1. The number of nitrogens with zero attached hydrogens (tertiary/aromatic N) is 2. The molecule has 236 valence electrons. The molecule has 0 unspecified atom stereocenters. The van der Waals surface area contributed by atoms with Crippen LogP contribution < -0.4 is 14.4 Å². The second kappa shape index (κ2) is 15.8. The second-order valence-corrected chi connectivity index (χ2v) is 12.8. The molecule has 0 saturated carbocycles. The molecule has 0 aliphatic rings. The van der Waals surface area contributed by atoms with Crippen molar-refractivity contribution in [2.75, 3.05) is 24.0 Å². The lowest BCUT2D eigenvalue weighted by atomic mass is 10.0. The Kier molecular flexibility index (Phi) is 11.9. The van der Waals surface area contributed by atoms with Gasteiger partial charge in [0.15, 0.2) is 0 Å². The number of benzene rings is 4. The summed E-state index contributed by atoms with van der Waals surface area (Å²) in [6.45, 7) is 3.83. The average Bonchev–Trinajstić information content (AvgIpc) is 3.04. The molecule has 45 heavy (non-hydrogen) atoms. The summed E-state index contributed by atoms with van der Waals surface area (Å²) in [5.74, 6) is -0.417. The fourth-order valence-electron chi connectivity index (χ4n) is 4.81. The molecule has 0 saturated heterocycles. The van der Waals surface area contributed by atoms with E-state index in [0.29, 0.717) is 40.2 Å². The van der Waals surface area contributed by atoms with Crippen LogP contribution in [0.1, 0.15) is 25.0 Å². The SMILES string of the molecule is CCNC(=O)[C@@H](Cc1ccccc1)N(Cc1ccc(Cl)c(Cl)c1)C(=O)CN(c1ccccc1)S(=O)(=O)c1ccc(OCC)cc1. The van der Waals surface area contributed by atoms with E-state index in [1.807, 2.05) is 37.3 Å². The average molecular weight is 669 g/mol. The minimum atomic E-state index is -4.22.